The van der Waals surface area contributed by atoms with Crippen LogP contribution in [0.2, 0.25) is 0 Å². The normalized spacial score (nSPS) is 22.6. The monoisotopic (exact) mass is 368 g/mol. The van der Waals surface area contributed by atoms with Crippen molar-refractivity contribution in [3.8, 4) is 11.3 Å². The lowest BCUT2D eigenvalue weighted by Crippen LogP contribution is -2.59. The average molecular weight is 368 g/mol. The van der Waals surface area contributed by atoms with Crippen molar-refractivity contribution in [3.63, 3.8) is 0 Å². The van der Waals surface area contributed by atoms with Gasteiger partial charge in [-0.25, -0.2) is 9.78 Å². The largest absolute Gasteiger partial charge is 0.478 e. The Balaban J connectivity index is 1.68. The molecule has 0 radical (unpaired) electrons. The number of thiazole rings is 1. The first-order valence-electron chi connectivity index (χ1n) is 8.03. The van der Waals surface area contributed by atoms with Crippen molar-refractivity contribution in [1.82, 2.24) is 4.98 Å². The third kappa shape index (κ3) is 2.78. The fourth-order valence-electron chi connectivity index (χ4n) is 3.76. The topological polar surface area (TPSA) is 53.4 Å². The van der Waals surface area contributed by atoms with Crippen molar-refractivity contribution in [1.29, 1.82) is 0 Å². The Morgan fingerprint density at radius 2 is 2.00 bits per heavy atom. The van der Waals surface area contributed by atoms with Gasteiger partial charge in [-0.3, -0.25) is 0 Å². The molecule has 0 spiro atoms. The Hall–Kier alpha value is -2.09. The molecular weight excluding hydrogens is 353 g/mol. The summed E-state index contributed by atoms with van der Waals surface area (Å²) in [4.78, 5) is 17.8. The predicted molar refractivity (Wildman–Crippen MR) is 88.0 cm³/mol. The Bertz CT molecular complexity index is 820. The molecule has 0 amide bonds. The number of hydrogen-bond donors (Lipinski definition) is 1. The van der Waals surface area contributed by atoms with Crippen molar-refractivity contribution < 1.29 is 23.1 Å². The van der Waals surface area contributed by atoms with Crippen LogP contribution in [-0.4, -0.2) is 28.1 Å². The number of aromatic carboxylic acids is 1. The second-order valence-electron chi connectivity index (χ2n) is 6.46. The van der Waals surface area contributed by atoms with E-state index in [9.17, 15) is 18.0 Å². The molecule has 4 nitrogen and oxygen atoms in total. The fourth-order valence-corrected chi connectivity index (χ4v) is 4.73. The number of carboxylic acid groups (broad SMARTS) is 1. The summed E-state index contributed by atoms with van der Waals surface area (Å²) >= 11 is 1.43. The third-order valence-electron chi connectivity index (χ3n) is 4.97. The van der Waals surface area contributed by atoms with Gasteiger partial charge in [0.15, 0.2) is 5.13 Å². The minimum Gasteiger partial charge on any atom is -0.478 e. The molecule has 2 aliphatic heterocycles. The second kappa shape index (κ2) is 5.72. The molecule has 3 heterocycles. The molecule has 8 heteroatoms. The zero-order valence-electron chi connectivity index (χ0n) is 13.1. The van der Waals surface area contributed by atoms with Crippen LogP contribution in [0.3, 0.4) is 0 Å². The minimum atomic E-state index is -4.73. The number of fused-ring (bicyclic) bond motifs is 2. The van der Waals surface area contributed by atoms with Gasteiger partial charge in [0.1, 0.15) is 0 Å². The SMILES string of the molecule is O=C(O)c1ccc(-c2csc(N3[C@@H]4CCC[C@H]3C4)n2)cc1C(F)(F)F. The number of nitrogens with zero attached hydrogens (tertiary/aromatic N) is 2. The first-order valence-corrected chi connectivity index (χ1v) is 8.91. The molecule has 2 fully saturated rings. The van der Waals surface area contributed by atoms with Gasteiger partial charge in [-0.15, -0.1) is 11.3 Å². The molecule has 0 aliphatic carbocycles. The Labute approximate surface area is 145 Å². The molecule has 1 N–H and O–H groups in total. The van der Waals surface area contributed by atoms with Crippen molar-refractivity contribution in [2.45, 2.75) is 43.9 Å². The van der Waals surface area contributed by atoms with Gasteiger partial charge in [0.2, 0.25) is 0 Å². The molecule has 2 saturated heterocycles. The predicted octanol–water partition coefficient (Wildman–Crippen LogP) is 4.66. The van der Waals surface area contributed by atoms with E-state index >= 15 is 0 Å². The zero-order valence-corrected chi connectivity index (χ0v) is 13.9. The molecule has 1 aromatic heterocycles. The lowest BCUT2D eigenvalue weighted by Gasteiger charge is -2.53. The highest BCUT2D eigenvalue weighted by molar-refractivity contribution is 7.14. The molecule has 2 aromatic rings. The maximum Gasteiger partial charge on any atom is 0.417 e. The van der Waals surface area contributed by atoms with Crippen LogP contribution in [0.5, 0.6) is 0 Å². The molecule has 0 saturated carbocycles. The van der Waals surface area contributed by atoms with Crippen LogP contribution in [0.4, 0.5) is 18.3 Å². The van der Waals surface area contributed by atoms with E-state index in [0.717, 1.165) is 30.1 Å². The highest BCUT2D eigenvalue weighted by Gasteiger charge is 2.42. The van der Waals surface area contributed by atoms with E-state index in [1.807, 2.05) is 0 Å². The smallest absolute Gasteiger partial charge is 0.417 e. The Morgan fingerprint density at radius 3 is 2.60 bits per heavy atom. The number of anilines is 1. The first kappa shape index (κ1) is 16.4. The summed E-state index contributed by atoms with van der Waals surface area (Å²) in [6.45, 7) is 0. The maximum absolute atomic E-state index is 13.2. The maximum atomic E-state index is 13.2. The van der Waals surface area contributed by atoms with Gasteiger partial charge in [-0.05, 0) is 37.8 Å². The van der Waals surface area contributed by atoms with Gasteiger partial charge in [0, 0.05) is 23.0 Å². The standard InChI is InChI=1S/C17H15F3N2O2S/c18-17(19,20)13-6-9(4-5-12(13)15(23)24)14-8-25-16(21-14)22-10-2-1-3-11(22)7-10/h4-6,8,10-11H,1-3,7H2,(H,23,24)/t10-,11+. The molecule has 4 rings (SSSR count). The molecule has 0 unspecified atom stereocenters. The summed E-state index contributed by atoms with van der Waals surface area (Å²) in [6.07, 6.45) is -0.0684. The van der Waals surface area contributed by atoms with Crippen molar-refractivity contribution >= 4 is 22.4 Å². The Kier molecular flexibility index (Phi) is 3.75. The number of carboxylic acids is 1. The minimum absolute atomic E-state index is 0.283. The highest BCUT2D eigenvalue weighted by Crippen LogP contribution is 2.44. The molecule has 25 heavy (non-hydrogen) atoms. The molecule has 2 bridgehead atoms. The number of alkyl halides is 3. The summed E-state index contributed by atoms with van der Waals surface area (Å²) in [5, 5.41) is 11.6. The molecule has 132 valence electrons. The van der Waals surface area contributed by atoms with Gasteiger partial charge in [-0.1, -0.05) is 6.07 Å². The summed E-state index contributed by atoms with van der Waals surface area (Å²) in [5.41, 5.74) is -1.16. The lowest BCUT2D eigenvalue weighted by atomic mass is 9.80. The van der Waals surface area contributed by atoms with Crippen LogP contribution in [-0.2, 0) is 6.18 Å². The summed E-state index contributed by atoms with van der Waals surface area (Å²) in [6, 6.07) is 4.25. The molecular formula is C17H15F3N2O2S. The molecule has 2 aliphatic rings. The van der Waals surface area contributed by atoms with E-state index in [4.69, 9.17) is 5.11 Å². The fraction of sp³-hybridized carbons (Fsp3) is 0.412. The first-order chi connectivity index (χ1) is 11.8. The molecule has 1 aromatic carbocycles. The lowest BCUT2D eigenvalue weighted by molar-refractivity contribution is -0.138. The summed E-state index contributed by atoms with van der Waals surface area (Å²) in [7, 11) is 0. The second-order valence-corrected chi connectivity index (χ2v) is 7.30. The highest BCUT2D eigenvalue weighted by atomic mass is 32.1. The number of halogens is 3. The van der Waals surface area contributed by atoms with E-state index in [1.165, 1.54) is 30.2 Å². The number of hydrogen-bond acceptors (Lipinski definition) is 4. The Morgan fingerprint density at radius 1 is 1.28 bits per heavy atom. The van der Waals surface area contributed by atoms with E-state index in [1.54, 1.807) is 5.38 Å². The van der Waals surface area contributed by atoms with Gasteiger partial charge < -0.3 is 10.0 Å². The van der Waals surface area contributed by atoms with Crippen LogP contribution in [0, 0.1) is 0 Å². The van der Waals surface area contributed by atoms with Crippen LogP contribution >= 0.6 is 11.3 Å². The number of aromatic nitrogens is 1. The van der Waals surface area contributed by atoms with Crippen LogP contribution in [0.25, 0.3) is 11.3 Å². The van der Waals surface area contributed by atoms with Crippen LogP contribution < -0.4 is 4.90 Å². The van der Waals surface area contributed by atoms with Crippen molar-refractivity contribution in [2.24, 2.45) is 0 Å². The van der Waals surface area contributed by atoms with E-state index < -0.39 is 23.3 Å². The quantitative estimate of drug-likeness (QED) is 0.856. The average Bonchev–Trinajstić information content (AvgIpc) is 3.03. The number of carbonyl (C=O) groups is 1. The van der Waals surface area contributed by atoms with E-state index in [0.29, 0.717) is 17.8 Å². The summed E-state index contributed by atoms with van der Waals surface area (Å²) in [5.74, 6) is -1.59. The van der Waals surface area contributed by atoms with Crippen molar-refractivity contribution in [3.05, 3.63) is 34.7 Å². The van der Waals surface area contributed by atoms with Gasteiger partial charge in [0.05, 0.1) is 16.8 Å². The van der Waals surface area contributed by atoms with Crippen LogP contribution in [0.1, 0.15) is 41.6 Å². The zero-order chi connectivity index (χ0) is 17.8. The van der Waals surface area contributed by atoms with Crippen molar-refractivity contribution in [2.75, 3.05) is 4.90 Å². The van der Waals surface area contributed by atoms with Crippen LogP contribution in [0.15, 0.2) is 23.6 Å². The number of benzene rings is 1. The van der Waals surface area contributed by atoms with E-state index in [-0.39, 0.29) is 5.56 Å². The summed E-state index contributed by atoms with van der Waals surface area (Å²) < 4.78 is 39.5. The molecule has 2 atom stereocenters. The number of rotatable bonds is 3. The third-order valence-corrected chi connectivity index (χ3v) is 5.82. The van der Waals surface area contributed by atoms with Gasteiger partial charge in [0.25, 0.3) is 0 Å². The van der Waals surface area contributed by atoms with E-state index in [2.05, 4.69) is 9.88 Å². The number of piperidine rings is 1. The van der Waals surface area contributed by atoms with Gasteiger partial charge in [-0.2, -0.15) is 13.2 Å². The van der Waals surface area contributed by atoms with Gasteiger partial charge >= 0.3 is 12.1 Å².